The zero-order valence-corrected chi connectivity index (χ0v) is 18.5. The van der Waals surface area contributed by atoms with Gasteiger partial charge in [0.2, 0.25) is 5.82 Å². The fraction of sp³-hybridized carbons (Fsp3) is 0.292. The first-order chi connectivity index (χ1) is 14.4. The number of allylic oxidation sites excluding steroid dienone is 1. The number of nitrogens with zero attached hydrogens (tertiary/aromatic N) is 3. The molecule has 1 N–H and O–H groups in total. The second-order valence-corrected chi connectivity index (χ2v) is 8.47. The number of aromatic nitrogens is 2. The number of hydrogen-bond acceptors (Lipinski definition) is 4. The molecule has 1 aliphatic heterocycles. The normalized spacial score (nSPS) is 16.9. The van der Waals surface area contributed by atoms with Gasteiger partial charge in [0.25, 0.3) is 5.89 Å². The summed E-state index contributed by atoms with van der Waals surface area (Å²) in [7, 11) is 0. The Hall–Kier alpha value is -2.99. The molecule has 0 bridgehead atoms. The molecule has 30 heavy (non-hydrogen) atoms. The molecule has 0 spiro atoms. The summed E-state index contributed by atoms with van der Waals surface area (Å²) in [5.41, 5.74) is 5.26. The van der Waals surface area contributed by atoms with Crippen molar-refractivity contribution < 1.29 is 4.52 Å². The zero-order valence-electron chi connectivity index (χ0n) is 17.7. The van der Waals surface area contributed by atoms with Crippen LogP contribution in [0, 0.1) is 12.8 Å². The minimum absolute atomic E-state index is 0.148. The standard InChI is InChI=1S/C24H26N4OS/c1-15(2)14-28-17(4)20(21(25-24(28)30)18-12-10-16(3)11-13-18)23-26-22(27-29-23)19-8-6-5-7-9-19/h5-13,15,21H,14H2,1-4H3,(H,25,30). The Morgan fingerprint density at radius 1 is 1.07 bits per heavy atom. The number of nitrogens with one attached hydrogen (secondary N) is 1. The van der Waals surface area contributed by atoms with E-state index < -0.39 is 0 Å². The topological polar surface area (TPSA) is 54.2 Å². The highest BCUT2D eigenvalue weighted by molar-refractivity contribution is 7.80. The van der Waals surface area contributed by atoms with Crippen LogP contribution >= 0.6 is 12.2 Å². The molecule has 3 aromatic rings. The van der Waals surface area contributed by atoms with Crippen molar-refractivity contribution in [3.8, 4) is 11.4 Å². The summed E-state index contributed by atoms with van der Waals surface area (Å²) in [5.74, 6) is 1.55. The molecule has 1 aliphatic rings. The van der Waals surface area contributed by atoms with Crippen LogP contribution in [-0.2, 0) is 0 Å². The Bertz CT molecular complexity index is 1070. The predicted octanol–water partition coefficient (Wildman–Crippen LogP) is 5.36. The summed E-state index contributed by atoms with van der Waals surface area (Å²) < 4.78 is 5.76. The van der Waals surface area contributed by atoms with Crippen LogP contribution in [0.3, 0.4) is 0 Å². The van der Waals surface area contributed by atoms with Crippen LogP contribution in [-0.4, -0.2) is 26.7 Å². The second-order valence-electron chi connectivity index (χ2n) is 8.09. The van der Waals surface area contributed by atoms with Crippen molar-refractivity contribution in [3.63, 3.8) is 0 Å². The van der Waals surface area contributed by atoms with Crippen molar-refractivity contribution in [2.75, 3.05) is 6.54 Å². The molecule has 1 unspecified atom stereocenters. The maximum atomic E-state index is 5.76. The van der Waals surface area contributed by atoms with E-state index in [4.69, 9.17) is 21.7 Å². The monoisotopic (exact) mass is 418 g/mol. The molecule has 2 aromatic carbocycles. The molecule has 4 rings (SSSR count). The largest absolute Gasteiger partial charge is 0.351 e. The van der Waals surface area contributed by atoms with Gasteiger partial charge in [-0.2, -0.15) is 4.98 Å². The van der Waals surface area contributed by atoms with Gasteiger partial charge in [-0.05, 0) is 37.5 Å². The van der Waals surface area contributed by atoms with Crippen molar-refractivity contribution in [1.82, 2.24) is 20.4 Å². The summed E-state index contributed by atoms with van der Waals surface area (Å²) in [6.45, 7) is 9.35. The fourth-order valence-corrected chi connectivity index (χ4v) is 4.02. The molecule has 1 aromatic heterocycles. The van der Waals surface area contributed by atoms with Crippen LogP contribution in [0.5, 0.6) is 0 Å². The van der Waals surface area contributed by atoms with E-state index >= 15 is 0 Å². The van der Waals surface area contributed by atoms with Gasteiger partial charge in [0.1, 0.15) is 0 Å². The number of aryl methyl sites for hydroxylation is 1. The molecular weight excluding hydrogens is 392 g/mol. The third-order valence-electron chi connectivity index (χ3n) is 5.24. The Morgan fingerprint density at radius 2 is 1.77 bits per heavy atom. The van der Waals surface area contributed by atoms with Crippen LogP contribution in [0.1, 0.15) is 43.8 Å². The first-order valence-corrected chi connectivity index (χ1v) is 10.6. The van der Waals surface area contributed by atoms with Crippen LogP contribution in [0.15, 0.2) is 64.8 Å². The van der Waals surface area contributed by atoms with E-state index in [1.807, 2.05) is 30.3 Å². The molecule has 0 fully saturated rings. The summed E-state index contributed by atoms with van der Waals surface area (Å²) in [6, 6.07) is 18.2. The smallest absolute Gasteiger partial charge is 0.258 e. The number of benzene rings is 2. The van der Waals surface area contributed by atoms with Gasteiger partial charge in [0.05, 0.1) is 11.6 Å². The van der Waals surface area contributed by atoms with Gasteiger partial charge in [-0.15, -0.1) is 0 Å². The number of thiocarbonyl (C=S) groups is 1. The van der Waals surface area contributed by atoms with E-state index in [9.17, 15) is 0 Å². The molecule has 0 aliphatic carbocycles. The van der Waals surface area contributed by atoms with Crippen LogP contribution < -0.4 is 5.32 Å². The lowest BCUT2D eigenvalue weighted by Gasteiger charge is -2.38. The van der Waals surface area contributed by atoms with Crippen LogP contribution in [0.4, 0.5) is 0 Å². The van der Waals surface area contributed by atoms with Crippen molar-refractivity contribution in [1.29, 1.82) is 0 Å². The number of rotatable bonds is 5. The third-order valence-corrected chi connectivity index (χ3v) is 5.58. The van der Waals surface area contributed by atoms with Gasteiger partial charge in [0, 0.05) is 17.8 Å². The molecule has 1 atom stereocenters. The zero-order chi connectivity index (χ0) is 21.3. The summed E-state index contributed by atoms with van der Waals surface area (Å²) >= 11 is 5.72. The molecule has 154 valence electrons. The summed E-state index contributed by atoms with van der Waals surface area (Å²) in [5, 5.41) is 8.47. The quantitative estimate of drug-likeness (QED) is 0.563. The van der Waals surface area contributed by atoms with E-state index in [0.29, 0.717) is 17.6 Å². The Morgan fingerprint density at radius 3 is 2.43 bits per heavy atom. The lowest BCUT2D eigenvalue weighted by molar-refractivity contribution is 0.386. The van der Waals surface area contributed by atoms with E-state index in [1.54, 1.807) is 0 Å². The minimum atomic E-state index is -0.148. The molecule has 5 nitrogen and oxygen atoms in total. The van der Waals surface area contributed by atoms with Gasteiger partial charge in [0.15, 0.2) is 5.11 Å². The Balaban J connectivity index is 1.81. The molecule has 2 heterocycles. The van der Waals surface area contributed by atoms with Crippen molar-refractivity contribution in [3.05, 3.63) is 77.3 Å². The Kier molecular flexibility index (Phi) is 5.68. The molecule has 0 saturated carbocycles. The maximum Gasteiger partial charge on any atom is 0.258 e. The fourth-order valence-electron chi connectivity index (χ4n) is 3.69. The van der Waals surface area contributed by atoms with Crippen LogP contribution in [0.2, 0.25) is 0 Å². The van der Waals surface area contributed by atoms with Gasteiger partial charge >= 0.3 is 0 Å². The minimum Gasteiger partial charge on any atom is -0.351 e. The average Bonchev–Trinajstić information content (AvgIpc) is 3.21. The van der Waals surface area contributed by atoms with E-state index in [-0.39, 0.29) is 6.04 Å². The van der Waals surface area contributed by atoms with Gasteiger partial charge < -0.3 is 14.7 Å². The van der Waals surface area contributed by atoms with E-state index in [0.717, 1.165) is 34.1 Å². The average molecular weight is 419 g/mol. The van der Waals surface area contributed by atoms with Gasteiger partial charge in [-0.1, -0.05) is 79.2 Å². The molecule has 0 amide bonds. The maximum absolute atomic E-state index is 5.76. The third kappa shape index (κ3) is 4.00. The SMILES string of the molecule is CC1=C(c2nc(-c3ccccc3)no2)C(c2ccc(C)cc2)NC(=S)N1CC(C)C. The first-order valence-electron chi connectivity index (χ1n) is 10.2. The predicted molar refractivity (Wildman–Crippen MR) is 124 cm³/mol. The highest BCUT2D eigenvalue weighted by atomic mass is 32.1. The van der Waals surface area contributed by atoms with E-state index in [2.05, 4.69) is 67.3 Å². The lowest BCUT2D eigenvalue weighted by Crippen LogP contribution is -2.47. The van der Waals surface area contributed by atoms with Crippen molar-refractivity contribution in [2.24, 2.45) is 5.92 Å². The van der Waals surface area contributed by atoms with Crippen molar-refractivity contribution in [2.45, 2.75) is 33.7 Å². The van der Waals surface area contributed by atoms with Crippen molar-refractivity contribution >= 4 is 22.9 Å². The lowest BCUT2D eigenvalue weighted by atomic mass is 9.94. The molecule has 0 saturated heterocycles. The molecular formula is C24H26N4OS. The summed E-state index contributed by atoms with van der Waals surface area (Å²) in [6.07, 6.45) is 0. The van der Waals surface area contributed by atoms with Crippen LogP contribution in [0.25, 0.3) is 17.0 Å². The number of hydrogen-bond donors (Lipinski definition) is 1. The van der Waals surface area contributed by atoms with Gasteiger partial charge in [-0.3, -0.25) is 0 Å². The van der Waals surface area contributed by atoms with Gasteiger partial charge in [-0.25, -0.2) is 0 Å². The highest BCUT2D eigenvalue weighted by Gasteiger charge is 2.34. The highest BCUT2D eigenvalue weighted by Crippen LogP contribution is 2.37. The second kappa shape index (κ2) is 8.40. The Labute approximate surface area is 182 Å². The molecule has 6 heteroatoms. The first kappa shape index (κ1) is 20.3. The summed E-state index contributed by atoms with van der Waals surface area (Å²) in [4.78, 5) is 6.87. The van der Waals surface area contributed by atoms with E-state index in [1.165, 1.54) is 5.56 Å². The molecule has 0 radical (unpaired) electrons.